The highest BCUT2D eigenvalue weighted by Gasteiger charge is 2.18. The van der Waals surface area contributed by atoms with Gasteiger partial charge in [-0.1, -0.05) is 0 Å². The molecule has 0 bridgehead atoms. The third kappa shape index (κ3) is 6.18. The molecule has 0 amide bonds. The predicted octanol–water partition coefficient (Wildman–Crippen LogP) is 2.30. The van der Waals surface area contributed by atoms with Crippen molar-refractivity contribution in [3.63, 3.8) is 0 Å². The minimum absolute atomic E-state index is 0.0462. The lowest BCUT2D eigenvalue weighted by atomic mass is 10.5. The minimum atomic E-state index is -0.565. The van der Waals surface area contributed by atoms with Crippen LogP contribution in [0.1, 0.15) is 13.8 Å². The van der Waals surface area contributed by atoms with Crippen molar-refractivity contribution in [3.8, 4) is 0 Å². The molecule has 0 aromatic carbocycles. The van der Waals surface area contributed by atoms with Gasteiger partial charge in [0.15, 0.2) is 3.61 Å². The van der Waals surface area contributed by atoms with Crippen LogP contribution in [0.4, 0.5) is 5.95 Å². The number of anilines is 1. The molecule has 1 aromatic rings. The first kappa shape index (κ1) is 14.7. The summed E-state index contributed by atoms with van der Waals surface area (Å²) in [6.07, 6.45) is 0. The molecule has 0 aliphatic rings. The molecule has 1 heterocycles. The number of rotatable bonds is 4. The zero-order valence-corrected chi connectivity index (χ0v) is 12.7. The molecule has 1 aromatic heterocycles. The Bertz CT molecular complexity index is 404. The summed E-state index contributed by atoms with van der Waals surface area (Å²) >= 11 is 13.1. The van der Waals surface area contributed by atoms with Crippen LogP contribution in [0.2, 0.25) is 10.6 Å². The second-order valence-electron chi connectivity index (χ2n) is 3.39. The number of aromatic nitrogens is 3. The van der Waals surface area contributed by atoms with E-state index < -0.39 is 9.58 Å². The first-order chi connectivity index (χ1) is 7.76. The molecule has 17 heavy (non-hydrogen) atoms. The fourth-order valence-electron chi connectivity index (χ4n) is 0.863. The Morgan fingerprint density at radius 3 is 2.35 bits per heavy atom. The minimum Gasteiger partial charge on any atom is -0.448 e. The van der Waals surface area contributed by atoms with E-state index in [0.717, 1.165) is 0 Å². The Kier molecular flexibility index (Phi) is 5.14. The monoisotopic (exact) mass is 390 g/mol. The van der Waals surface area contributed by atoms with Crippen molar-refractivity contribution in [1.82, 2.24) is 15.0 Å². The van der Waals surface area contributed by atoms with E-state index in [-0.39, 0.29) is 23.1 Å². The van der Waals surface area contributed by atoms with Gasteiger partial charge in [0.1, 0.15) is 6.54 Å². The summed E-state index contributed by atoms with van der Waals surface area (Å²) in [7, 11) is 0. The van der Waals surface area contributed by atoms with Gasteiger partial charge in [0.2, 0.25) is 16.5 Å². The maximum atomic E-state index is 11.4. The van der Waals surface area contributed by atoms with Crippen LogP contribution in [0.5, 0.6) is 0 Å². The van der Waals surface area contributed by atoms with Gasteiger partial charge in [-0.3, -0.25) is 4.79 Å². The maximum absolute atomic E-state index is 11.4. The fraction of sp³-hybridized carbons (Fsp3) is 0.500. The highest BCUT2D eigenvalue weighted by atomic mass is 127. The lowest BCUT2D eigenvalue weighted by Gasteiger charge is -2.17. The molecule has 1 rings (SSSR count). The second-order valence-corrected chi connectivity index (χ2v) is 6.66. The molecule has 9 heteroatoms. The fourth-order valence-corrected chi connectivity index (χ4v) is 1.47. The average Bonchev–Trinajstić information content (AvgIpc) is 2.10. The lowest BCUT2D eigenvalue weighted by Crippen LogP contribution is -2.26. The molecule has 94 valence electrons. The summed E-state index contributed by atoms with van der Waals surface area (Å²) < 4.78 is 4.50. The van der Waals surface area contributed by atoms with Crippen LogP contribution in [-0.4, -0.2) is 31.1 Å². The summed E-state index contributed by atoms with van der Waals surface area (Å²) in [5, 5.41) is 2.55. The molecule has 0 aliphatic heterocycles. The summed E-state index contributed by atoms with van der Waals surface area (Å²) in [5.41, 5.74) is 0. The number of hydrogen-bond donors (Lipinski definition) is 1. The molecular formula is C8H9Cl2IN4O2. The van der Waals surface area contributed by atoms with Crippen LogP contribution in [0, 0.1) is 0 Å². The van der Waals surface area contributed by atoms with Crippen LogP contribution in [-0.2, 0) is 9.53 Å². The van der Waals surface area contributed by atoms with Crippen molar-refractivity contribution < 1.29 is 9.53 Å². The summed E-state index contributed by atoms with van der Waals surface area (Å²) in [4.78, 5) is 22.4. The SMILES string of the molecule is CC(C)(I)OC(=O)CNc1nc(Cl)nc(Cl)n1. The molecule has 0 spiro atoms. The molecule has 0 unspecified atom stereocenters. The van der Waals surface area contributed by atoms with E-state index in [9.17, 15) is 4.79 Å². The highest BCUT2D eigenvalue weighted by molar-refractivity contribution is 14.1. The summed E-state index contributed by atoms with van der Waals surface area (Å²) in [5.74, 6) is -0.310. The Labute approximate surface area is 122 Å². The van der Waals surface area contributed by atoms with Crippen molar-refractivity contribution in [1.29, 1.82) is 0 Å². The number of halogens is 3. The number of carbonyl (C=O) groups is 1. The molecule has 0 radical (unpaired) electrons. The van der Waals surface area contributed by atoms with Gasteiger partial charge in [0.05, 0.1) is 0 Å². The van der Waals surface area contributed by atoms with Gasteiger partial charge in [-0.25, -0.2) is 0 Å². The molecular weight excluding hydrogens is 382 g/mol. The van der Waals surface area contributed by atoms with Crippen LogP contribution in [0.3, 0.4) is 0 Å². The van der Waals surface area contributed by atoms with Gasteiger partial charge in [-0.15, -0.1) is 0 Å². The van der Waals surface area contributed by atoms with E-state index in [1.54, 1.807) is 13.8 Å². The molecule has 1 N–H and O–H groups in total. The molecule has 0 saturated heterocycles. The number of carbonyl (C=O) groups excluding carboxylic acids is 1. The smallest absolute Gasteiger partial charge is 0.326 e. The normalized spacial score (nSPS) is 11.1. The van der Waals surface area contributed by atoms with Gasteiger partial charge in [0.25, 0.3) is 0 Å². The highest BCUT2D eigenvalue weighted by Crippen LogP contribution is 2.18. The van der Waals surface area contributed by atoms with Crippen LogP contribution >= 0.6 is 45.8 Å². The van der Waals surface area contributed by atoms with Crippen LogP contribution in [0.15, 0.2) is 0 Å². The third-order valence-corrected chi connectivity index (χ3v) is 1.89. The number of alkyl halides is 1. The van der Waals surface area contributed by atoms with E-state index in [4.69, 9.17) is 27.9 Å². The Morgan fingerprint density at radius 1 is 1.35 bits per heavy atom. The number of nitrogens with zero attached hydrogens (tertiary/aromatic N) is 3. The largest absolute Gasteiger partial charge is 0.448 e. The van der Waals surface area contributed by atoms with E-state index in [1.165, 1.54) is 0 Å². The summed E-state index contributed by atoms with van der Waals surface area (Å²) in [6.45, 7) is 3.45. The van der Waals surface area contributed by atoms with E-state index >= 15 is 0 Å². The number of hydrogen-bond acceptors (Lipinski definition) is 6. The third-order valence-electron chi connectivity index (χ3n) is 1.33. The van der Waals surface area contributed by atoms with Crippen molar-refractivity contribution >= 4 is 57.7 Å². The van der Waals surface area contributed by atoms with Crippen LogP contribution in [0.25, 0.3) is 0 Å². The molecule has 0 atom stereocenters. The Balaban J connectivity index is 2.53. The van der Waals surface area contributed by atoms with Crippen molar-refractivity contribution in [3.05, 3.63) is 10.6 Å². The lowest BCUT2D eigenvalue weighted by molar-refractivity contribution is -0.146. The average molecular weight is 391 g/mol. The first-order valence-electron chi connectivity index (χ1n) is 4.48. The predicted molar refractivity (Wildman–Crippen MR) is 72.5 cm³/mol. The van der Waals surface area contributed by atoms with E-state index in [2.05, 4.69) is 20.3 Å². The van der Waals surface area contributed by atoms with Crippen molar-refractivity contribution in [2.45, 2.75) is 17.5 Å². The summed E-state index contributed by atoms with van der Waals surface area (Å²) in [6, 6.07) is 0. The first-order valence-corrected chi connectivity index (χ1v) is 6.31. The topological polar surface area (TPSA) is 77.0 Å². The van der Waals surface area contributed by atoms with E-state index in [0.29, 0.717) is 0 Å². The maximum Gasteiger partial charge on any atom is 0.326 e. The number of ether oxygens (including phenoxy) is 1. The number of nitrogens with one attached hydrogen (secondary N) is 1. The van der Waals surface area contributed by atoms with Gasteiger partial charge >= 0.3 is 5.97 Å². The van der Waals surface area contributed by atoms with Crippen molar-refractivity contribution in [2.24, 2.45) is 0 Å². The van der Waals surface area contributed by atoms with E-state index in [1.807, 2.05) is 22.6 Å². The molecule has 0 saturated carbocycles. The molecule has 6 nitrogen and oxygen atoms in total. The van der Waals surface area contributed by atoms with Gasteiger partial charge < -0.3 is 10.1 Å². The molecule has 0 fully saturated rings. The van der Waals surface area contributed by atoms with Gasteiger partial charge in [0, 0.05) is 0 Å². The Hall–Kier alpha value is -0.410. The number of esters is 1. The zero-order valence-electron chi connectivity index (χ0n) is 9.00. The molecule has 0 aliphatic carbocycles. The van der Waals surface area contributed by atoms with Gasteiger partial charge in [-0.05, 0) is 59.6 Å². The van der Waals surface area contributed by atoms with Crippen LogP contribution < -0.4 is 5.32 Å². The standard InChI is InChI=1S/C8H9Cl2IN4O2/c1-8(2,11)17-4(16)3-12-7-14-5(9)13-6(10)15-7/h3H2,1-2H3,(H,12,13,14,15). The Morgan fingerprint density at radius 2 is 1.88 bits per heavy atom. The second kappa shape index (κ2) is 5.96. The zero-order chi connectivity index (χ0) is 13.1. The van der Waals surface area contributed by atoms with Crippen molar-refractivity contribution in [2.75, 3.05) is 11.9 Å². The quantitative estimate of drug-likeness (QED) is 0.483. The van der Waals surface area contributed by atoms with Gasteiger partial charge in [-0.2, -0.15) is 15.0 Å².